The summed E-state index contributed by atoms with van der Waals surface area (Å²) in [5, 5.41) is 3.60. The highest BCUT2D eigenvalue weighted by atomic mass is 32.2. The predicted molar refractivity (Wildman–Crippen MR) is 121 cm³/mol. The van der Waals surface area contributed by atoms with Crippen molar-refractivity contribution in [2.75, 3.05) is 16.8 Å². The van der Waals surface area contributed by atoms with Crippen LogP contribution in [-0.2, 0) is 16.8 Å². The number of nitrogens with zero attached hydrogens (tertiary/aromatic N) is 3. The van der Waals surface area contributed by atoms with Crippen LogP contribution in [0.5, 0.6) is 0 Å². The summed E-state index contributed by atoms with van der Waals surface area (Å²) < 4.78 is 62.1. The fourth-order valence-electron chi connectivity index (χ4n) is 4.28. The third-order valence-corrected chi connectivity index (χ3v) is 7.97. The molecule has 0 radical (unpaired) electrons. The average molecular weight is 480 g/mol. The number of halogens is 3. The van der Waals surface area contributed by atoms with Crippen LogP contribution in [0.3, 0.4) is 0 Å². The van der Waals surface area contributed by atoms with E-state index in [1.165, 1.54) is 23.0 Å². The molecule has 0 bridgehead atoms. The van der Waals surface area contributed by atoms with Crippen molar-refractivity contribution in [3.63, 3.8) is 0 Å². The van der Waals surface area contributed by atoms with E-state index < -0.39 is 33.6 Å². The van der Waals surface area contributed by atoms with Crippen LogP contribution in [0, 0.1) is 10.6 Å². The largest absolute Gasteiger partial charge is 0.363 e. The Morgan fingerprint density at radius 1 is 1.21 bits per heavy atom. The van der Waals surface area contributed by atoms with E-state index in [1.807, 2.05) is 0 Å². The molecule has 1 unspecified atom stereocenters. The number of alkyl halides is 2. The molecule has 1 saturated heterocycles. The van der Waals surface area contributed by atoms with Crippen LogP contribution in [0.2, 0.25) is 0 Å². The zero-order valence-electron chi connectivity index (χ0n) is 18.1. The number of anilines is 1. The van der Waals surface area contributed by atoms with Crippen LogP contribution in [-0.4, -0.2) is 30.2 Å². The average Bonchev–Trinajstić information content (AvgIpc) is 2.76. The van der Waals surface area contributed by atoms with Gasteiger partial charge in [-0.2, -0.15) is 0 Å². The van der Waals surface area contributed by atoms with E-state index in [0.717, 1.165) is 6.07 Å². The van der Waals surface area contributed by atoms with Gasteiger partial charge in [-0.1, -0.05) is 18.2 Å². The highest BCUT2D eigenvalue weighted by Gasteiger charge is 2.26. The third-order valence-electron chi connectivity index (χ3n) is 6.18. The topological polar surface area (TPSA) is 101 Å². The molecular weight excluding hydrogens is 455 g/mol. The second-order valence-corrected chi connectivity index (χ2v) is 10.8. The molecule has 0 amide bonds. The number of benzene rings is 1. The first kappa shape index (κ1) is 23.2. The van der Waals surface area contributed by atoms with E-state index >= 15 is 0 Å². The molecule has 4 rings (SSSR count). The van der Waals surface area contributed by atoms with Gasteiger partial charge in [-0.05, 0) is 31.7 Å². The predicted octanol–water partition coefficient (Wildman–Crippen LogP) is 4.50. The summed E-state index contributed by atoms with van der Waals surface area (Å²) in [6.45, 7) is 1.64. The van der Waals surface area contributed by atoms with Gasteiger partial charge in [0, 0.05) is 39.4 Å². The number of aromatic nitrogens is 3. The van der Waals surface area contributed by atoms with Crippen molar-refractivity contribution in [2.45, 2.75) is 38.2 Å². The molecule has 2 aromatic heterocycles. The molecule has 1 aliphatic heterocycles. The molecule has 11 heteroatoms. The zero-order valence-corrected chi connectivity index (χ0v) is 19.0. The minimum Gasteiger partial charge on any atom is -0.363 e. The van der Waals surface area contributed by atoms with E-state index in [2.05, 4.69) is 15.3 Å². The number of pyridine rings is 1. The molecule has 1 fully saturated rings. The van der Waals surface area contributed by atoms with Crippen LogP contribution in [0.4, 0.5) is 19.0 Å². The molecule has 3 heterocycles. The SMILES string of the molecule is CC(Nc1ncnc2c1cc(C1CCS(=N)(=O)CC1)c(=O)n2C)c1cccc(C(F)F)c1F. The minimum absolute atomic E-state index is 0.0714. The lowest BCUT2D eigenvalue weighted by Gasteiger charge is -2.24. The summed E-state index contributed by atoms with van der Waals surface area (Å²) in [4.78, 5) is 21.5. The monoisotopic (exact) mass is 479 g/mol. The maximum absolute atomic E-state index is 14.6. The molecular formula is C22H24F3N5O2S. The first-order valence-electron chi connectivity index (χ1n) is 10.5. The Balaban J connectivity index is 1.74. The van der Waals surface area contributed by atoms with E-state index in [1.54, 1.807) is 20.0 Å². The van der Waals surface area contributed by atoms with E-state index in [-0.39, 0.29) is 28.5 Å². The van der Waals surface area contributed by atoms with Gasteiger partial charge in [-0.25, -0.2) is 27.3 Å². The molecule has 3 aromatic rings. The summed E-state index contributed by atoms with van der Waals surface area (Å²) >= 11 is 0. The molecule has 1 aromatic carbocycles. The summed E-state index contributed by atoms with van der Waals surface area (Å²) in [5.41, 5.74) is 0.0784. The van der Waals surface area contributed by atoms with E-state index in [4.69, 9.17) is 4.78 Å². The van der Waals surface area contributed by atoms with Crippen molar-refractivity contribution >= 4 is 26.6 Å². The van der Waals surface area contributed by atoms with Gasteiger partial charge in [0.05, 0.1) is 17.0 Å². The number of rotatable bonds is 5. The van der Waals surface area contributed by atoms with Crippen molar-refractivity contribution in [1.82, 2.24) is 14.5 Å². The van der Waals surface area contributed by atoms with Crippen LogP contribution in [0.15, 0.2) is 35.4 Å². The highest BCUT2D eigenvalue weighted by molar-refractivity contribution is 7.92. The minimum atomic E-state index is -2.93. The van der Waals surface area contributed by atoms with Crippen molar-refractivity contribution < 1.29 is 17.4 Å². The van der Waals surface area contributed by atoms with Gasteiger partial charge in [-0.3, -0.25) is 14.1 Å². The van der Waals surface area contributed by atoms with Gasteiger partial charge in [0.2, 0.25) is 0 Å². The molecule has 2 N–H and O–H groups in total. The second-order valence-electron chi connectivity index (χ2n) is 8.33. The van der Waals surface area contributed by atoms with Gasteiger partial charge in [0.1, 0.15) is 23.6 Å². The molecule has 0 spiro atoms. The van der Waals surface area contributed by atoms with Crippen LogP contribution >= 0.6 is 0 Å². The molecule has 0 aliphatic carbocycles. The molecule has 176 valence electrons. The Labute approximate surface area is 189 Å². The third kappa shape index (κ3) is 4.46. The van der Waals surface area contributed by atoms with Gasteiger partial charge < -0.3 is 5.32 Å². The van der Waals surface area contributed by atoms with Crippen molar-refractivity contribution in [3.05, 3.63) is 63.5 Å². The van der Waals surface area contributed by atoms with Gasteiger partial charge in [0.25, 0.3) is 12.0 Å². The zero-order chi connectivity index (χ0) is 23.9. The first-order valence-corrected chi connectivity index (χ1v) is 12.4. The van der Waals surface area contributed by atoms with Gasteiger partial charge in [0.15, 0.2) is 0 Å². The normalized spacial score (nSPS) is 21.9. The van der Waals surface area contributed by atoms with Crippen molar-refractivity contribution in [3.8, 4) is 0 Å². The maximum atomic E-state index is 14.6. The molecule has 0 saturated carbocycles. The quantitative estimate of drug-likeness (QED) is 0.561. The smallest absolute Gasteiger partial charge is 0.266 e. The van der Waals surface area contributed by atoms with Crippen molar-refractivity contribution in [2.24, 2.45) is 7.05 Å². The molecule has 33 heavy (non-hydrogen) atoms. The lowest BCUT2D eigenvalue weighted by atomic mass is 9.94. The van der Waals surface area contributed by atoms with Crippen molar-refractivity contribution in [1.29, 1.82) is 4.78 Å². The highest BCUT2D eigenvalue weighted by Crippen LogP contribution is 2.32. The number of fused-ring (bicyclic) bond motifs is 1. The standard InChI is InChI=1S/C22H24F3N5O2S/c1-12(14-4-3-5-15(18(14)23)19(24)25)29-20-17-10-16(13-6-8-33(26,32)9-7-13)22(31)30(2)21(17)28-11-27-20/h3-5,10-13,19,26H,6-9H2,1-2H3,(H,27,28,29). The van der Waals surface area contributed by atoms with Crippen LogP contribution in [0.1, 0.15) is 54.8 Å². The number of hydrogen-bond acceptors (Lipinski definition) is 6. The Kier molecular flexibility index (Phi) is 6.17. The Morgan fingerprint density at radius 3 is 2.55 bits per heavy atom. The Morgan fingerprint density at radius 2 is 1.88 bits per heavy atom. The fourth-order valence-corrected chi connectivity index (χ4v) is 5.81. The maximum Gasteiger partial charge on any atom is 0.266 e. The summed E-state index contributed by atoms with van der Waals surface area (Å²) in [6.07, 6.45) is -0.704. The fraction of sp³-hybridized carbons (Fsp3) is 0.409. The summed E-state index contributed by atoms with van der Waals surface area (Å²) in [6, 6.07) is 4.87. The molecule has 1 aliphatic rings. The molecule has 1 atom stereocenters. The lowest BCUT2D eigenvalue weighted by molar-refractivity contribution is 0.146. The number of nitrogens with one attached hydrogen (secondary N) is 2. The number of aryl methyl sites for hydroxylation is 1. The second kappa shape index (κ2) is 8.77. The van der Waals surface area contributed by atoms with Gasteiger partial charge in [-0.15, -0.1) is 0 Å². The summed E-state index contributed by atoms with van der Waals surface area (Å²) in [7, 11) is -0.999. The Bertz CT molecular complexity index is 1360. The van der Waals surface area contributed by atoms with Gasteiger partial charge >= 0.3 is 0 Å². The summed E-state index contributed by atoms with van der Waals surface area (Å²) in [5.74, 6) is -0.289. The van der Waals surface area contributed by atoms with Crippen LogP contribution in [0.25, 0.3) is 11.0 Å². The molecule has 7 nitrogen and oxygen atoms in total. The lowest BCUT2D eigenvalue weighted by Crippen LogP contribution is -2.29. The Hall–Kier alpha value is -2.95. The van der Waals surface area contributed by atoms with E-state index in [0.29, 0.717) is 35.3 Å². The van der Waals surface area contributed by atoms with Crippen LogP contribution < -0.4 is 10.9 Å². The van der Waals surface area contributed by atoms with E-state index in [9.17, 15) is 22.2 Å². The first-order chi connectivity index (χ1) is 15.6. The number of hydrogen-bond donors (Lipinski definition) is 2.